The molecule has 1 amide bonds. The van der Waals surface area contributed by atoms with Crippen LogP contribution in [0.15, 0.2) is 30.7 Å². The van der Waals surface area contributed by atoms with Crippen molar-refractivity contribution >= 4 is 11.7 Å². The highest BCUT2D eigenvalue weighted by atomic mass is 16.2. The molecule has 2 aliphatic heterocycles. The predicted molar refractivity (Wildman–Crippen MR) is 104 cm³/mol. The number of likely N-dealkylation sites (tertiary alicyclic amines) is 1. The van der Waals surface area contributed by atoms with Crippen LogP contribution >= 0.6 is 0 Å². The Kier molecular flexibility index (Phi) is 4.81. The average molecular weight is 365 g/mol. The molecule has 0 radical (unpaired) electrons. The molecule has 4 rings (SSSR count). The van der Waals surface area contributed by atoms with Crippen LogP contribution in [0, 0.1) is 19.3 Å². The number of amides is 1. The zero-order chi connectivity index (χ0) is 18.9. The van der Waals surface area contributed by atoms with Crippen LogP contribution in [-0.2, 0) is 11.3 Å². The highest BCUT2D eigenvalue weighted by Gasteiger charge is 2.42. The van der Waals surface area contributed by atoms with E-state index in [4.69, 9.17) is 0 Å². The van der Waals surface area contributed by atoms with Gasteiger partial charge in [-0.3, -0.25) is 14.8 Å². The molecule has 0 saturated carbocycles. The minimum Gasteiger partial charge on any atom is -0.356 e. The van der Waals surface area contributed by atoms with Crippen molar-refractivity contribution in [3.8, 4) is 0 Å². The molecule has 0 unspecified atom stereocenters. The molecule has 2 aliphatic rings. The Morgan fingerprint density at radius 1 is 1.11 bits per heavy atom. The Balaban J connectivity index is 1.50. The van der Waals surface area contributed by atoms with E-state index < -0.39 is 0 Å². The van der Waals surface area contributed by atoms with E-state index >= 15 is 0 Å². The Hall–Kier alpha value is -2.50. The maximum Gasteiger partial charge on any atom is 0.222 e. The number of pyridine rings is 1. The molecule has 6 nitrogen and oxygen atoms in total. The first kappa shape index (κ1) is 17.9. The molecule has 0 aliphatic carbocycles. The van der Waals surface area contributed by atoms with E-state index in [1.807, 2.05) is 24.1 Å². The van der Waals surface area contributed by atoms with E-state index in [2.05, 4.69) is 32.8 Å². The summed E-state index contributed by atoms with van der Waals surface area (Å²) >= 11 is 0. The Bertz CT molecular complexity index is 822. The summed E-state index contributed by atoms with van der Waals surface area (Å²) in [5.74, 6) is 1.29. The van der Waals surface area contributed by atoms with Gasteiger partial charge in [-0.2, -0.15) is 0 Å². The van der Waals surface area contributed by atoms with Crippen LogP contribution in [0.3, 0.4) is 0 Å². The van der Waals surface area contributed by atoms with Gasteiger partial charge in [-0.1, -0.05) is 0 Å². The molecule has 2 saturated heterocycles. The molecule has 1 spiro atoms. The SMILES string of the molecule is Cc1ccnc(N2CCC[C@]3(CCC(=O)N(Cc4cnc(C)cn4)C3)C2)c1. The molecular weight excluding hydrogens is 338 g/mol. The number of hydrogen-bond donors (Lipinski definition) is 0. The summed E-state index contributed by atoms with van der Waals surface area (Å²) in [6.07, 6.45) is 9.33. The molecule has 2 fully saturated rings. The normalized spacial score (nSPS) is 23.1. The van der Waals surface area contributed by atoms with Gasteiger partial charge in [-0.05, 0) is 50.8 Å². The Labute approximate surface area is 160 Å². The van der Waals surface area contributed by atoms with Crippen molar-refractivity contribution in [3.05, 3.63) is 47.7 Å². The lowest BCUT2D eigenvalue weighted by molar-refractivity contribution is -0.138. The molecule has 4 heterocycles. The third-order valence-corrected chi connectivity index (χ3v) is 5.82. The van der Waals surface area contributed by atoms with Crippen molar-refractivity contribution in [1.82, 2.24) is 19.9 Å². The number of carbonyl (C=O) groups is 1. The zero-order valence-electron chi connectivity index (χ0n) is 16.2. The number of piperidine rings is 2. The van der Waals surface area contributed by atoms with Crippen molar-refractivity contribution in [3.63, 3.8) is 0 Å². The zero-order valence-corrected chi connectivity index (χ0v) is 16.2. The summed E-state index contributed by atoms with van der Waals surface area (Å²) in [5, 5.41) is 0. The van der Waals surface area contributed by atoms with Crippen molar-refractivity contribution in [2.45, 2.75) is 46.1 Å². The van der Waals surface area contributed by atoms with Crippen LogP contribution in [0.1, 0.15) is 42.6 Å². The van der Waals surface area contributed by atoms with Gasteiger partial charge >= 0.3 is 0 Å². The number of nitrogens with zero attached hydrogens (tertiary/aromatic N) is 5. The lowest BCUT2D eigenvalue weighted by atomic mass is 9.73. The number of hydrogen-bond acceptors (Lipinski definition) is 5. The highest BCUT2D eigenvalue weighted by Crippen LogP contribution is 2.40. The van der Waals surface area contributed by atoms with Gasteiger partial charge in [0.15, 0.2) is 0 Å². The van der Waals surface area contributed by atoms with Crippen LogP contribution in [-0.4, -0.2) is 45.4 Å². The fraction of sp³-hybridized carbons (Fsp3) is 0.524. The monoisotopic (exact) mass is 365 g/mol. The minimum atomic E-state index is 0.149. The standard InChI is InChI=1S/C21H27N5O/c1-16-5-8-22-19(10-16)25-9-3-6-21(14-25)7-4-20(27)26(15-21)13-18-12-23-17(2)11-24-18/h5,8,10-12H,3-4,6-7,9,13-15H2,1-2H3/t21-/m0/s1. The van der Waals surface area contributed by atoms with Crippen LogP contribution in [0.4, 0.5) is 5.82 Å². The lowest BCUT2D eigenvalue weighted by Crippen LogP contribution is -2.54. The van der Waals surface area contributed by atoms with Crippen LogP contribution in [0.5, 0.6) is 0 Å². The number of carbonyl (C=O) groups excluding carboxylic acids is 1. The predicted octanol–water partition coefficient (Wildman–Crippen LogP) is 2.90. The minimum absolute atomic E-state index is 0.149. The first-order valence-electron chi connectivity index (χ1n) is 9.76. The van der Waals surface area contributed by atoms with Gasteiger partial charge in [-0.25, -0.2) is 4.98 Å². The smallest absolute Gasteiger partial charge is 0.222 e. The van der Waals surface area contributed by atoms with Gasteiger partial charge in [0, 0.05) is 43.9 Å². The van der Waals surface area contributed by atoms with Gasteiger partial charge in [-0.15, -0.1) is 0 Å². The number of aromatic nitrogens is 3. The van der Waals surface area contributed by atoms with Crippen molar-refractivity contribution < 1.29 is 4.79 Å². The van der Waals surface area contributed by atoms with E-state index in [-0.39, 0.29) is 11.3 Å². The molecule has 6 heteroatoms. The van der Waals surface area contributed by atoms with E-state index in [1.54, 1.807) is 12.4 Å². The fourth-order valence-corrected chi connectivity index (χ4v) is 4.37. The van der Waals surface area contributed by atoms with E-state index in [0.717, 1.165) is 49.7 Å². The summed E-state index contributed by atoms with van der Waals surface area (Å²) in [4.78, 5) is 30.3. The fourth-order valence-electron chi connectivity index (χ4n) is 4.37. The Morgan fingerprint density at radius 3 is 2.78 bits per heavy atom. The third-order valence-electron chi connectivity index (χ3n) is 5.82. The van der Waals surface area contributed by atoms with E-state index in [0.29, 0.717) is 13.0 Å². The van der Waals surface area contributed by atoms with Gasteiger partial charge < -0.3 is 9.80 Å². The molecule has 2 aromatic rings. The summed E-state index contributed by atoms with van der Waals surface area (Å²) in [6.45, 7) is 7.38. The van der Waals surface area contributed by atoms with Crippen LogP contribution < -0.4 is 4.90 Å². The highest BCUT2D eigenvalue weighted by molar-refractivity contribution is 5.77. The first-order chi connectivity index (χ1) is 13.0. The van der Waals surface area contributed by atoms with Crippen LogP contribution in [0.2, 0.25) is 0 Å². The maximum atomic E-state index is 12.5. The second kappa shape index (κ2) is 7.25. The number of aryl methyl sites for hydroxylation is 2. The van der Waals surface area contributed by atoms with Gasteiger partial charge in [0.1, 0.15) is 5.82 Å². The third kappa shape index (κ3) is 3.94. The average Bonchev–Trinajstić information content (AvgIpc) is 2.67. The topological polar surface area (TPSA) is 62.2 Å². The van der Waals surface area contributed by atoms with Crippen LogP contribution in [0.25, 0.3) is 0 Å². The number of anilines is 1. The van der Waals surface area contributed by atoms with Gasteiger partial charge in [0.05, 0.1) is 24.1 Å². The molecule has 27 heavy (non-hydrogen) atoms. The molecular formula is C21H27N5O. The summed E-state index contributed by atoms with van der Waals surface area (Å²) < 4.78 is 0. The first-order valence-corrected chi connectivity index (χ1v) is 9.76. The van der Waals surface area contributed by atoms with Crippen molar-refractivity contribution in [2.24, 2.45) is 5.41 Å². The maximum absolute atomic E-state index is 12.5. The van der Waals surface area contributed by atoms with E-state index in [1.165, 1.54) is 12.0 Å². The molecule has 2 aromatic heterocycles. The van der Waals surface area contributed by atoms with Gasteiger partial charge in [0.25, 0.3) is 0 Å². The molecule has 0 aromatic carbocycles. The van der Waals surface area contributed by atoms with Crippen molar-refractivity contribution in [1.29, 1.82) is 0 Å². The summed E-state index contributed by atoms with van der Waals surface area (Å²) in [7, 11) is 0. The van der Waals surface area contributed by atoms with E-state index in [9.17, 15) is 4.79 Å². The molecule has 0 bridgehead atoms. The Morgan fingerprint density at radius 2 is 2.00 bits per heavy atom. The second-order valence-corrected chi connectivity index (χ2v) is 8.12. The van der Waals surface area contributed by atoms with Gasteiger partial charge in [0.2, 0.25) is 5.91 Å². The van der Waals surface area contributed by atoms with Crippen molar-refractivity contribution in [2.75, 3.05) is 24.5 Å². The molecule has 0 N–H and O–H groups in total. The molecule has 142 valence electrons. The molecule has 1 atom stereocenters. The second-order valence-electron chi connectivity index (χ2n) is 8.12. The largest absolute Gasteiger partial charge is 0.356 e. The number of rotatable bonds is 3. The quantitative estimate of drug-likeness (QED) is 0.837. The summed E-state index contributed by atoms with van der Waals surface area (Å²) in [5.41, 5.74) is 3.14. The lowest BCUT2D eigenvalue weighted by Gasteiger charge is -2.48. The summed E-state index contributed by atoms with van der Waals surface area (Å²) in [6, 6.07) is 4.19.